The highest BCUT2D eigenvalue weighted by atomic mass is 16.2. The van der Waals surface area contributed by atoms with E-state index in [-0.39, 0.29) is 11.6 Å². The molecule has 0 atom stereocenters. The van der Waals surface area contributed by atoms with Gasteiger partial charge in [0.05, 0.1) is 6.07 Å². The Morgan fingerprint density at radius 2 is 1.06 bits per heavy atom. The van der Waals surface area contributed by atoms with E-state index >= 15 is 0 Å². The van der Waals surface area contributed by atoms with Crippen molar-refractivity contribution in [1.82, 2.24) is 31.3 Å². The standard InChI is InChI=1S/C20H35N5O2.C20H34N2O2/c1-2-3-12-15-18(26)20(27)21-17-14-11-9-7-5-4-6-8-10-13-16-19-22-24-25-23-19;1-2-3-13-16-19(23)20(24)22-18-15-12-10-8-6-4-5-7-9-11-14-17-21/h5,7H,2-4,6,8-17H2,1H3,(H,21,27)(H,22,23,24,25);6,8H,2-5,7,9-16,18H2,1H3,(H,22,24)/b7-5-;8-6-. The van der Waals surface area contributed by atoms with Gasteiger partial charge in [-0.3, -0.25) is 19.2 Å². The van der Waals surface area contributed by atoms with Crippen molar-refractivity contribution in [3.8, 4) is 6.07 Å². The van der Waals surface area contributed by atoms with Gasteiger partial charge in [0.15, 0.2) is 5.82 Å². The molecular weight excluding hydrogens is 642 g/mol. The number of ketones is 2. The lowest BCUT2D eigenvalue weighted by molar-refractivity contribution is -0.138. The highest BCUT2D eigenvalue weighted by molar-refractivity contribution is 6.36. The third kappa shape index (κ3) is 33.2. The van der Waals surface area contributed by atoms with Gasteiger partial charge in [-0.1, -0.05) is 94.7 Å². The fourth-order valence-corrected chi connectivity index (χ4v) is 5.15. The Morgan fingerprint density at radius 3 is 1.49 bits per heavy atom. The largest absolute Gasteiger partial charge is 0.350 e. The number of nitrogens with zero attached hydrogens (tertiary/aromatic N) is 4. The summed E-state index contributed by atoms with van der Waals surface area (Å²) in [6.07, 6.45) is 34.4. The molecule has 1 aromatic rings. The molecule has 11 heteroatoms. The molecule has 0 saturated carbocycles. The molecule has 0 aromatic carbocycles. The normalized spacial score (nSPS) is 10.9. The Morgan fingerprint density at radius 1 is 0.608 bits per heavy atom. The van der Waals surface area contributed by atoms with E-state index < -0.39 is 11.8 Å². The van der Waals surface area contributed by atoms with Gasteiger partial charge < -0.3 is 10.6 Å². The molecule has 51 heavy (non-hydrogen) atoms. The number of aromatic nitrogens is 4. The number of amides is 2. The number of aryl methyl sites for hydroxylation is 1. The first kappa shape index (κ1) is 47.3. The lowest BCUT2D eigenvalue weighted by Gasteiger charge is -2.03. The number of carbonyl (C=O) groups is 4. The summed E-state index contributed by atoms with van der Waals surface area (Å²) < 4.78 is 0. The van der Waals surface area contributed by atoms with Crippen LogP contribution < -0.4 is 10.6 Å². The topological polar surface area (TPSA) is 171 Å². The molecule has 0 radical (unpaired) electrons. The van der Waals surface area contributed by atoms with E-state index in [1.54, 1.807) is 0 Å². The number of tetrazole rings is 1. The number of carbonyl (C=O) groups excluding carboxylic acids is 4. The van der Waals surface area contributed by atoms with Gasteiger partial charge in [-0.25, -0.2) is 0 Å². The Hall–Kier alpha value is -3.68. The number of Topliss-reactive ketones (excluding diaryl/α,β-unsaturated/α-hetero) is 2. The van der Waals surface area contributed by atoms with Gasteiger partial charge >= 0.3 is 0 Å². The van der Waals surface area contributed by atoms with E-state index in [1.807, 2.05) is 0 Å². The molecule has 0 fully saturated rings. The molecule has 2 amide bonds. The van der Waals surface area contributed by atoms with Crippen LogP contribution in [0.3, 0.4) is 0 Å². The van der Waals surface area contributed by atoms with E-state index in [0.717, 1.165) is 121 Å². The number of aromatic amines is 1. The van der Waals surface area contributed by atoms with Crippen molar-refractivity contribution in [3.05, 3.63) is 30.1 Å². The summed E-state index contributed by atoms with van der Waals surface area (Å²) in [5.74, 6) is -0.593. The van der Waals surface area contributed by atoms with E-state index in [2.05, 4.69) is 75.5 Å². The number of unbranched alkanes of at least 4 members (excludes halogenated alkanes) is 17. The minimum Gasteiger partial charge on any atom is -0.350 e. The Labute approximate surface area is 308 Å². The monoisotopic (exact) mass is 712 g/mol. The summed E-state index contributed by atoms with van der Waals surface area (Å²) >= 11 is 0. The van der Waals surface area contributed by atoms with E-state index in [1.165, 1.54) is 32.1 Å². The van der Waals surface area contributed by atoms with Crippen LogP contribution in [-0.4, -0.2) is 57.1 Å². The molecule has 0 aliphatic heterocycles. The van der Waals surface area contributed by atoms with Crippen molar-refractivity contribution in [2.75, 3.05) is 13.1 Å². The molecule has 288 valence electrons. The van der Waals surface area contributed by atoms with Crippen molar-refractivity contribution in [3.63, 3.8) is 0 Å². The van der Waals surface area contributed by atoms with Crippen LogP contribution in [0.15, 0.2) is 24.3 Å². The van der Waals surface area contributed by atoms with Gasteiger partial charge in [0.1, 0.15) is 0 Å². The third-order valence-corrected chi connectivity index (χ3v) is 8.34. The summed E-state index contributed by atoms with van der Waals surface area (Å²) in [5.41, 5.74) is 0. The third-order valence-electron chi connectivity index (χ3n) is 8.34. The van der Waals surface area contributed by atoms with Crippen LogP contribution in [0, 0.1) is 11.3 Å². The van der Waals surface area contributed by atoms with Crippen molar-refractivity contribution in [2.45, 2.75) is 181 Å². The van der Waals surface area contributed by atoms with Crippen LogP contribution in [0.4, 0.5) is 0 Å². The number of hydrogen-bond acceptors (Lipinski definition) is 8. The lowest BCUT2D eigenvalue weighted by atomic mass is 10.1. The van der Waals surface area contributed by atoms with Gasteiger partial charge in [-0.05, 0) is 89.9 Å². The molecule has 1 aromatic heterocycles. The zero-order chi connectivity index (χ0) is 37.5. The van der Waals surface area contributed by atoms with Crippen LogP contribution in [0.25, 0.3) is 0 Å². The molecule has 3 N–H and O–H groups in total. The molecule has 0 bridgehead atoms. The summed E-state index contributed by atoms with van der Waals surface area (Å²) in [4.78, 5) is 46.3. The lowest BCUT2D eigenvalue weighted by Crippen LogP contribution is -2.31. The van der Waals surface area contributed by atoms with E-state index in [4.69, 9.17) is 5.26 Å². The zero-order valence-corrected chi connectivity index (χ0v) is 32.0. The van der Waals surface area contributed by atoms with Crippen LogP contribution >= 0.6 is 0 Å². The number of nitrogens with one attached hydrogen (secondary N) is 3. The Bertz CT molecular complexity index is 1100. The number of rotatable bonds is 33. The maximum absolute atomic E-state index is 11.6. The molecule has 0 aliphatic rings. The average Bonchev–Trinajstić information content (AvgIpc) is 3.66. The smallest absolute Gasteiger partial charge is 0.287 e. The van der Waals surface area contributed by atoms with Crippen molar-refractivity contribution in [1.29, 1.82) is 5.26 Å². The first-order valence-electron chi connectivity index (χ1n) is 20.0. The fourth-order valence-electron chi connectivity index (χ4n) is 5.15. The van der Waals surface area contributed by atoms with Crippen molar-refractivity contribution >= 4 is 23.4 Å². The Balaban J connectivity index is 0.000000988. The maximum Gasteiger partial charge on any atom is 0.287 e. The summed E-state index contributed by atoms with van der Waals surface area (Å²) in [7, 11) is 0. The first-order valence-corrected chi connectivity index (χ1v) is 20.0. The second-order valence-electron chi connectivity index (χ2n) is 13.1. The maximum atomic E-state index is 11.6. The van der Waals surface area contributed by atoms with Gasteiger partial charge in [0, 0.05) is 38.8 Å². The van der Waals surface area contributed by atoms with Gasteiger partial charge in [-0.2, -0.15) is 10.5 Å². The minimum atomic E-state index is -0.418. The molecular formula is C40H69N7O4. The van der Waals surface area contributed by atoms with Gasteiger partial charge in [0.2, 0.25) is 11.6 Å². The van der Waals surface area contributed by atoms with Crippen molar-refractivity contribution < 1.29 is 19.2 Å². The van der Waals surface area contributed by atoms with Gasteiger partial charge in [0.25, 0.3) is 11.8 Å². The summed E-state index contributed by atoms with van der Waals surface area (Å²) in [6.45, 7) is 5.34. The van der Waals surface area contributed by atoms with Crippen LogP contribution in [-0.2, 0) is 25.6 Å². The molecule has 1 heterocycles. The second kappa shape index (κ2) is 37.6. The number of nitriles is 1. The zero-order valence-electron chi connectivity index (χ0n) is 32.0. The molecule has 0 unspecified atom stereocenters. The molecule has 11 nitrogen and oxygen atoms in total. The predicted molar refractivity (Wildman–Crippen MR) is 205 cm³/mol. The highest BCUT2D eigenvalue weighted by Gasteiger charge is 2.12. The molecule has 0 spiro atoms. The van der Waals surface area contributed by atoms with E-state index in [0.29, 0.717) is 32.4 Å². The number of H-pyrrole nitrogens is 1. The fraction of sp³-hybridized carbons (Fsp3) is 0.750. The SMILES string of the molecule is CCCCCC(=O)C(=O)NCCCC/C=C\CCCCCCC#N.CCCCCC(=O)C(=O)NCCCC/C=C\CCCCCCc1nn[nH]n1. The molecule has 1 rings (SSSR count). The average molecular weight is 712 g/mol. The minimum absolute atomic E-state index is 0.277. The number of allylic oxidation sites excluding steroid dienone is 4. The number of hydrogen-bond donors (Lipinski definition) is 3. The van der Waals surface area contributed by atoms with Crippen LogP contribution in [0.1, 0.15) is 180 Å². The van der Waals surface area contributed by atoms with Crippen LogP contribution in [0.5, 0.6) is 0 Å². The van der Waals surface area contributed by atoms with Gasteiger partial charge in [-0.15, -0.1) is 10.2 Å². The van der Waals surface area contributed by atoms with E-state index in [9.17, 15) is 19.2 Å². The Kier molecular flexibility index (Phi) is 34.9. The summed E-state index contributed by atoms with van der Waals surface area (Å²) in [6, 6.07) is 2.17. The second-order valence-corrected chi connectivity index (χ2v) is 13.1. The first-order chi connectivity index (χ1) is 25.0. The van der Waals surface area contributed by atoms with Crippen molar-refractivity contribution in [2.24, 2.45) is 0 Å². The molecule has 0 saturated heterocycles. The summed E-state index contributed by atoms with van der Waals surface area (Å²) in [5, 5.41) is 27.8. The predicted octanol–water partition coefficient (Wildman–Crippen LogP) is 8.53. The quantitative estimate of drug-likeness (QED) is 0.0370. The van der Waals surface area contributed by atoms with Crippen LogP contribution in [0.2, 0.25) is 0 Å². The molecule has 0 aliphatic carbocycles. The highest BCUT2D eigenvalue weighted by Crippen LogP contribution is 2.08.